The van der Waals surface area contributed by atoms with Crippen molar-refractivity contribution in [2.24, 2.45) is 0 Å². The highest BCUT2D eigenvalue weighted by molar-refractivity contribution is 5.28. The van der Waals surface area contributed by atoms with E-state index in [1.165, 1.54) is 48.8 Å². The van der Waals surface area contributed by atoms with Gasteiger partial charge in [0.2, 0.25) is 0 Å². The first kappa shape index (κ1) is 12.3. The van der Waals surface area contributed by atoms with E-state index in [1.807, 2.05) is 19.4 Å². The summed E-state index contributed by atoms with van der Waals surface area (Å²) in [5, 5.41) is 3.43. The summed E-state index contributed by atoms with van der Waals surface area (Å²) in [6.07, 6.45) is 12.8. The second-order valence-electron chi connectivity index (χ2n) is 4.90. The summed E-state index contributed by atoms with van der Waals surface area (Å²) in [6.45, 7) is 2.10. The number of nitrogens with zero attached hydrogens (tertiary/aromatic N) is 1. The molecule has 1 unspecified atom stereocenters. The van der Waals surface area contributed by atoms with Gasteiger partial charge in [-0.15, -0.1) is 0 Å². The molecule has 1 aromatic rings. The van der Waals surface area contributed by atoms with Gasteiger partial charge in [0.05, 0.1) is 6.04 Å². The Labute approximate surface area is 104 Å². The molecule has 2 nitrogen and oxygen atoms in total. The molecule has 1 aliphatic carbocycles. The molecule has 0 aromatic carbocycles. The Hall–Kier alpha value is -1.15. The Bertz CT molecular complexity index is 396. The number of hydrogen-bond donors (Lipinski definition) is 1. The van der Waals surface area contributed by atoms with Crippen LogP contribution in [0.1, 0.15) is 49.3 Å². The van der Waals surface area contributed by atoms with Crippen molar-refractivity contribution in [2.75, 3.05) is 7.05 Å². The van der Waals surface area contributed by atoms with E-state index in [0.717, 1.165) is 0 Å². The van der Waals surface area contributed by atoms with Crippen LogP contribution in [0.5, 0.6) is 0 Å². The quantitative estimate of drug-likeness (QED) is 0.803. The van der Waals surface area contributed by atoms with Crippen LogP contribution in [0.2, 0.25) is 0 Å². The zero-order chi connectivity index (χ0) is 12.1. The first-order valence-electron chi connectivity index (χ1n) is 6.59. The molecule has 1 atom stereocenters. The molecular weight excluding hydrogens is 208 g/mol. The third-order valence-electron chi connectivity index (χ3n) is 3.47. The standard InChI is InChI=1S/C15H22N2/c1-12-9-14(11-17-10-12)15(16-2)13-7-5-3-4-6-8-13/h7,9-11,15-16H,3-6,8H2,1-2H3. The van der Waals surface area contributed by atoms with E-state index in [-0.39, 0.29) is 0 Å². The number of aryl methyl sites for hydroxylation is 1. The van der Waals surface area contributed by atoms with Crippen molar-refractivity contribution >= 4 is 0 Å². The minimum absolute atomic E-state index is 0.348. The van der Waals surface area contributed by atoms with E-state index in [0.29, 0.717) is 6.04 Å². The third kappa shape index (κ3) is 3.16. The molecule has 0 radical (unpaired) electrons. The van der Waals surface area contributed by atoms with E-state index in [4.69, 9.17) is 0 Å². The van der Waals surface area contributed by atoms with Crippen LogP contribution in [0.4, 0.5) is 0 Å². The van der Waals surface area contributed by atoms with Gasteiger partial charge in [0.15, 0.2) is 0 Å². The Balaban J connectivity index is 2.23. The normalized spacial score (nSPS) is 18.4. The SMILES string of the molecule is CNC(C1=CCCCCC1)c1cncc(C)c1. The average Bonchev–Trinajstić information content (AvgIpc) is 2.59. The molecule has 0 aliphatic heterocycles. The van der Waals surface area contributed by atoms with Crippen molar-refractivity contribution in [3.63, 3.8) is 0 Å². The van der Waals surface area contributed by atoms with Crippen molar-refractivity contribution < 1.29 is 0 Å². The minimum Gasteiger partial charge on any atom is -0.310 e. The largest absolute Gasteiger partial charge is 0.310 e. The maximum Gasteiger partial charge on any atom is 0.0549 e. The number of rotatable bonds is 3. The van der Waals surface area contributed by atoms with Crippen LogP contribution >= 0.6 is 0 Å². The van der Waals surface area contributed by atoms with Crippen LogP contribution in [0.3, 0.4) is 0 Å². The molecule has 0 saturated heterocycles. The number of nitrogens with one attached hydrogen (secondary N) is 1. The molecule has 1 N–H and O–H groups in total. The highest BCUT2D eigenvalue weighted by atomic mass is 14.9. The summed E-state index contributed by atoms with van der Waals surface area (Å²) in [6, 6.07) is 2.58. The summed E-state index contributed by atoms with van der Waals surface area (Å²) in [5.74, 6) is 0. The first-order chi connectivity index (χ1) is 8.31. The number of likely N-dealkylation sites (N-methyl/N-ethyl adjacent to an activating group) is 1. The fourth-order valence-corrected chi connectivity index (χ4v) is 2.60. The molecular formula is C15H22N2. The second kappa shape index (κ2) is 5.97. The molecule has 1 aromatic heterocycles. The highest BCUT2D eigenvalue weighted by Gasteiger charge is 2.16. The lowest BCUT2D eigenvalue weighted by Gasteiger charge is -2.20. The van der Waals surface area contributed by atoms with Gasteiger partial charge in [0.25, 0.3) is 0 Å². The maximum atomic E-state index is 4.30. The van der Waals surface area contributed by atoms with Crippen molar-refractivity contribution in [1.82, 2.24) is 10.3 Å². The molecule has 17 heavy (non-hydrogen) atoms. The number of hydrogen-bond acceptors (Lipinski definition) is 2. The van der Waals surface area contributed by atoms with Crippen LogP contribution in [0.25, 0.3) is 0 Å². The van der Waals surface area contributed by atoms with Gasteiger partial charge in [0.1, 0.15) is 0 Å². The predicted octanol–water partition coefficient (Wildman–Crippen LogP) is 3.54. The minimum atomic E-state index is 0.348. The van der Waals surface area contributed by atoms with Crippen LogP contribution in [0.15, 0.2) is 30.1 Å². The van der Waals surface area contributed by atoms with E-state index < -0.39 is 0 Å². The Morgan fingerprint density at radius 1 is 1.24 bits per heavy atom. The fourth-order valence-electron chi connectivity index (χ4n) is 2.60. The predicted molar refractivity (Wildman–Crippen MR) is 71.9 cm³/mol. The molecule has 0 amide bonds. The molecule has 92 valence electrons. The Morgan fingerprint density at radius 2 is 2.12 bits per heavy atom. The summed E-state index contributed by atoms with van der Waals surface area (Å²) >= 11 is 0. The third-order valence-corrected chi connectivity index (χ3v) is 3.47. The van der Waals surface area contributed by atoms with Gasteiger partial charge in [0, 0.05) is 12.4 Å². The molecule has 0 bridgehead atoms. The molecule has 1 heterocycles. The maximum absolute atomic E-state index is 4.30. The summed E-state index contributed by atoms with van der Waals surface area (Å²) < 4.78 is 0. The average molecular weight is 230 g/mol. The van der Waals surface area contributed by atoms with Crippen LogP contribution in [-0.4, -0.2) is 12.0 Å². The van der Waals surface area contributed by atoms with E-state index in [2.05, 4.69) is 29.4 Å². The first-order valence-corrected chi connectivity index (χ1v) is 6.59. The fraction of sp³-hybridized carbons (Fsp3) is 0.533. The van der Waals surface area contributed by atoms with Gasteiger partial charge in [-0.2, -0.15) is 0 Å². The van der Waals surface area contributed by atoms with Crippen LogP contribution in [0, 0.1) is 6.92 Å². The summed E-state index contributed by atoms with van der Waals surface area (Å²) in [5.41, 5.74) is 4.06. The number of pyridine rings is 1. The van der Waals surface area contributed by atoms with Crippen molar-refractivity contribution in [1.29, 1.82) is 0 Å². The Morgan fingerprint density at radius 3 is 2.88 bits per heavy atom. The van der Waals surface area contributed by atoms with Crippen LogP contribution < -0.4 is 5.32 Å². The van der Waals surface area contributed by atoms with Crippen molar-refractivity contribution in [3.8, 4) is 0 Å². The van der Waals surface area contributed by atoms with E-state index >= 15 is 0 Å². The van der Waals surface area contributed by atoms with Gasteiger partial charge in [-0.1, -0.05) is 24.1 Å². The summed E-state index contributed by atoms with van der Waals surface area (Å²) in [7, 11) is 2.04. The molecule has 2 heteroatoms. The molecule has 0 fully saturated rings. The summed E-state index contributed by atoms with van der Waals surface area (Å²) in [4.78, 5) is 4.30. The lowest BCUT2D eigenvalue weighted by Crippen LogP contribution is -2.19. The number of aromatic nitrogens is 1. The smallest absolute Gasteiger partial charge is 0.0549 e. The molecule has 0 spiro atoms. The molecule has 1 aliphatic rings. The lowest BCUT2D eigenvalue weighted by atomic mass is 9.96. The monoisotopic (exact) mass is 230 g/mol. The lowest BCUT2D eigenvalue weighted by molar-refractivity contribution is 0.626. The van der Waals surface area contributed by atoms with Gasteiger partial charge in [-0.3, -0.25) is 4.98 Å². The van der Waals surface area contributed by atoms with Gasteiger partial charge in [-0.25, -0.2) is 0 Å². The van der Waals surface area contributed by atoms with Gasteiger partial charge < -0.3 is 5.32 Å². The zero-order valence-electron chi connectivity index (χ0n) is 10.9. The van der Waals surface area contributed by atoms with Gasteiger partial charge in [-0.05, 0) is 50.8 Å². The van der Waals surface area contributed by atoms with Gasteiger partial charge >= 0.3 is 0 Å². The second-order valence-corrected chi connectivity index (χ2v) is 4.90. The molecule has 2 rings (SSSR count). The Kier molecular flexibility index (Phi) is 4.32. The van der Waals surface area contributed by atoms with Crippen LogP contribution in [-0.2, 0) is 0 Å². The zero-order valence-corrected chi connectivity index (χ0v) is 10.9. The highest BCUT2D eigenvalue weighted by Crippen LogP contribution is 2.28. The van der Waals surface area contributed by atoms with Crippen molar-refractivity contribution in [3.05, 3.63) is 41.2 Å². The van der Waals surface area contributed by atoms with E-state index in [9.17, 15) is 0 Å². The topological polar surface area (TPSA) is 24.9 Å². The van der Waals surface area contributed by atoms with E-state index in [1.54, 1.807) is 0 Å². The van der Waals surface area contributed by atoms with Crippen molar-refractivity contribution in [2.45, 2.75) is 45.1 Å². The number of allylic oxidation sites excluding steroid dienone is 1. The molecule has 0 saturated carbocycles.